The number of hydrogen-bond acceptors (Lipinski definition) is 6. The first-order valence-corrected chi connectivity index (χ1v) is 10.0. The van der Waals surface area contributed by atoms with E-state index in [9.17, 15) is 14.4 Å². The van der Waals surface area contributed by atoms with E-state index in [2.05, 4.69) is 4.98 Å². The highest BCUT2D eigenvalue weighted by Gasteiger charge is 2.26. The van der Waals surface area contributed by atoms with E-state index < -0.39 is 17.2 Å². The van der Waals surface area contributed by atoms with Gasteiger partial charge in [0, 0.05) is 19.2 Å². The zero-order valence-electron chi connectivity index (χ0n) is 17.6. The standard InChI is InChI=1S/C22H26N4O5/c1-3-4-10-25-19(23)18(20(27)24-22(25)29)26(13-17-9-6-11-31-17)21(28)16-8-5-7-15(12-16)14-30-2/h5-9,11-12H,3-4,10,13-14,23H2,1-2H3,(H,24,27,29). The van der Waals surface area contributed by atoms with Crippen molar-refractivity contribution in [2.24, 2.45) is 0 Å². The number of ether oxygens (including phenoxy) is 1. The van der Waals surface area contributed by atoms with Crippen LogP contribution in [0.15, 0.2) is 56.7 Å². The Morgan fingerprint density at radius 1 is 1.26 bits per heavy atom. The molecule has 0 fully saturated rings. The van der Waals surface area contributed by atoms with Crippen molar-refractivity contribution in [2.75, 3.05) is 17.7 Å². The van der Waals surface area contributed by atoms with Crippen molar-refractivity contribution in [1.29, 1.82) is 0 Å². The summed E-state index contributed by atoms with van der Waals surface area (Å²) in [6, 6.07) is 10.3. The molecular weight excluding hydrogens is 400 g/mol. The van der Waals surface area contributed by atoms with Gasteiger partial charge in [-0.3, -0.25) is 24.0 Å². The van der Waals surface area contributed by atoms with Gasteiger partial charge in [0.25, 0.3) is 11.5 Å². The first kappa shape index (κ1) is 22.1. The van der Waals surface area contributed by atoms with Crippen molar-refractivity contribution in [1.82, 2.24) is 9.55 Å². The first-order valence-electron chi connectivity index (χ1n) is 10.0. The Balaban J connectivity index is 2.12. The van der Waals surface area contributed by atoms with Crippen LogP contribution in [0.3, 0.4) is 0 Å². The summed E-state index contributed by atoms with van der Waals surface area (Å²) in [7, 11) is 1.57. The topological polar surface area (TPSA) is 124 Å². The summed E-state index contributed by atoms with van der Waals surface area (Å²) < 4.78 is 11.8. The number of furan rings is 1. The lowest BCUT2D eigenvalue weighted by atomic mass is 10.1. The van der Waals surface area contributed by atoms with Gasteiger partial charge in [-0.25, -0.2) is 4.79 Å². The van der Waals surface area contributed by atoms with Crippen LogP contribution in [0.5, 0.6) is 0 Å². The average Bonchev–Trinajstić information content (AvgIpc) is 3.26. The van der Waals surface area contributed by atoms with Crippen LogP contribution in [-0.4, -0.2) is 22.6 Å². The van der Waals surface area contributed by atoms with Gasteiger partial charge < -0.3 is 14.9 Å². The maximum absolute atomic E-state index is 13.5. The third-order valence-corrected chi connectivity index (χ3v) is 4.84. The van der Waals surface area contributed by atoms with E-state index in [1.54, 1.807) is 37.4 Å². The molecule has 0 aliphatic rings. The molecule has 0 aliphatic carbocycles. The Morgan fingerprint density at radius 2 is 2.06 bits per heavy atom. The number of methoxy groups -OCH3 is 1. The van der Waals surface area contributed by atoms with Crippen LogP contribution in [0.25, 0.3) is 0 Å². The Kier molecular flexibility index (Phi) is 7.09. The van der Waals surface area contributed by atoms with Crippen LogP contribution in [0.4, 0.5) is 11.5 Å². The van der Waals surface area contributed by atoms with Crippen LogP contribution in [0, 0.1) is 0 Å². The molecule has 9 heteroatoms. The minimum Gasteiger partial charge on any atom is -0.467 e. The fourth-order valence-electron chi connectivity index (χ4n) is 3.30. The summed E-state index contributed by atoms with van der Waals surface area (Å²) in [4.78, 5) is 42.1. The van der Waals surface area contributed by atoms with Crippen molar-refractivity contribution in [3.63, 3.8) is 0 Å². The fraction of sp³-hybridized carbons (Fsp3) is 0.318. The van der Waals surface area contributed by atoms with Crippen LogP contribution in [0.2, 0.25) is 0 Å². The third-order valence-electron chi connectivity index (χ3n) is 4.84. The molecule has 0 atom stereocenters. The van der Waals surface area contributed by atoms with Gasteiger partial charge in [0.05, 0.1) is 19.4 Å². The predicted octanol–water partition coefficient (Wildman–Crippen LogP) is 2.51. The number of carbonyl (C=O) groups is 1. The van der Waals surface area contributed by atoms with E-state index >= 15 is 0 Å². The van der Waals surface area contributed by atoms with Gasteiger partial charge in [-0.1, -0.05) is 25.5 Å². The number of hydrogen-bond donors (Lipinski definition) is 2. The fourth-order valence-corrected chi connectivity index (χ4v) is 3.30. The molecule has 1 aromatic carbocycles. The number of aromatic nitrogens is 2. The lowest BCUT2D eigenvalue weighted by molar-refractivity contribution is 0.0982. The number of unbranched alkanes of at least 4 members (excludes halogenated alkanes) is 1. The molecule has 3 N–H and O–H groups in total. The zero-order valence-corrected chi connectivity index (χ0v) is 17.6. The van der Waals surface area contributed by atoms with Crippen LogP contribution >= 0.6 is 0 Å². The number of nitrogens with one attached hydrogen (secondary N) is 1. The van der Waals surface area contributed by atoms with Crippen molar-refractivity contribution >= 4 is 17.4 Å². The maximum atomic E-state index is 13.5. The Bertz CT molecular complexity index is 1150. The van der Waals surface area contributed by atoms with Gasteiger partial charge in [-0.05, 0) is 36.2 Å². The largest absolute Gasteiger partial charge is 0.467 e. The second-order valence-electron chi connectivity index (χ2n) is 7.10. The molecule has 0 saturated heterocycles. The van der Waals surface area contributed by atoms with Crippen molar-refractivity contribution < 1.29 is 13.9 Å². The summed E-state index contributed by atoms with van der Waals surface area (Å²) in [5.74, 6) is -0.0473. The molecule has 0 unspecified atom stereocenters. The van der Waals surface area contributed by atoms with Gasteiger partial charge >= 0.3 is 5.69 Å². The number of H-pyrrole nitrogens is 1. The van der Waals surface area contributed by atoms with Crippen LogP contribution in [-0.2, 0) is 24.4 Å². The molecule has 2 heterocycles. The molecule has 1 amide bonds. The number of rotatable bonds is 9. The highest BCUT2D eigenvalue weighted by molar-refractivity contribution is 6.07. The Hall–Kier alpha value is -3.59. The molecule has 3 aromatic rings. The molecule has 0 radical (unpaired) electrons. The summed E-state index contributed by atoms with van der Waals surface area (Å²) in [6.45, 7) is 2.62. The lowest BCUT2D eigenvalue weighted by Crippen LogP contribution is -2.41. The number of anilines is 2. The van der Waals surface area contributed by atoms with E-state index in [-0.39, 0.29) is 18.1 Å². The number of nitrogens with zero attached hydrogens (tertiary/aromatic N) is 2. The molecule has 0 aliphatic heterocycles. The second-order valence-corrected chi connectivity index (χ2v) is 7.10. The number of nitrogen functional groups attached to an aromatic ring is 1. The lowest BCUT2D eigenvalue weighted by Gasteiger charge is -2.24. The van der Waals surface area contributed by atoms with E-state index in [4.69, 9.17) is 14.9 Å². The zero-order chi connectivity index (χ0) is 22.4. The predicted molar refractivity (Wildman–Crippen MR) is 117 cm³/mol. The average molecular weight is 426 g/mol. The smallest absolute Gasteiger partial charge is 0.330 e. The number of nitrogens with two attached hydrogens (primary N) is 1. The molecule has 164 valence electrons. The number of carbonyl (C=O) groups excluding carboxylic acids is 1. The SMILES string of the molecule is CCCCn1c(N)c(N(Cc2ccco2)C(=O)c2cccc(COC)c2)c(=O)[nH]c1=O. The number of aromatic amines is 1. The molecule has 31 heavy (non-hydrogen) atoms. The van der Waals surface area contributed by atoms with E-state index in [1.165, 1.54) is 15.7 Å². The van der Waals surface area contributed by atoms with Gasteiger partial charge in [0.1, 0.15) is 11.6 Å². The molecule has 0 spiro atoms. The minimum atomic E-state index is -0.733. The summed E-state index contributed by atoms with van der Waals surface area (Å²) in [5, 5.41) is 0. The van der Waals surface area contributed by atoms with Gasteiger partial charge in [-0.2, -0.15) is 0 Å². The normalized spacial score (nSPS) is 10.9. The maximum Gasteiger partial charge on any atom is 0.330 e. The van der Waals surface area contributed by atoms with E-state index in [1.807, 2.05) is 13.0 Å². The van der Waals surface area contributed by atoms with Crippen molar-refractivity contribution in [2.45, 2.75) is 39.5 Å². The molecular formula is C22H26N4O5. The van der Waals surface area contributed by atoms with Crippen molar-refractivity contribution in [3.05, 3.63) is 80.4 Å². The molecule has 0 bridgehead atoms. The highest BCUT2D eigenvalue weighted by Crippen LogP contribution is 2.23. The summed E-state index contributed by atoms with van der Waals surface area (Å²) in [5.41, 5.74) is 5.98. The summed E-state index contributed by atoms with van der Waals surface area (Å²) >= 11 is 0. The van der Waals surface area contributed by atoms with Crippen molar-refractivity contribution in [3.8, 4) is 0 Å². The third kappa shape index (κ3) is 4.95. The minimum absolute atomic E-state index is 0.0282. The van der Waals surface area contributed by atoms with Gasteiger partial charge in [-0.15, -0.1) is 0 Å². The monoisotopic (exact) mass is 426 g/mol. The Morgan fingerprint density at radius 3 is 2.74 bits per heavy atom. The second kappa shape index (κ2) is 9.94. The van der Waals surface area contributed by atoms with E-state index in [0.717, 1.165) is 12.0 Å². The number of benzene rings is 1. The quantitative estimate of drug-likeness (QED) is 0.542. The summed E-state index contributed by atoms with van der Waals surface area (Å²) in [6.07, 6.45) is 3.01. The van der Waals surface area contributed by atoms with E-state index in [0.29, 0.717) is 30.9 Å². The highest BCUT2D eigenvalue weighted by atomic mass is 16.5. The van der Waals surface area contributed by atoms with Crippen LogP contribution in [0.1, 0.15) is 41.4 Å². The molecule has 0 saturated carbocycles. The molecule has 3 rings (SSSR count). The molecule has 9 nitrogen and oxygen atoms in total. The Labute approximate surface area is 179 Å². The number of amides is 1. The molecule has 2 aromatic heterocycles. The first-order chi connectivity index (χ1) is 15.0. The van der Waals surface area contributed by atoms with Gasteiger partial charge in [0.2, 0.25) is 0 Å². The van der Waals surface area contributed by atoms with Crippen LogP contribution < -0.4 is 21.9 Å². The van der Waals surface area contributed by atoms with Gasteiger partial charge in [0.15, 0.2) is 5.69 Å².